The molecule has 4 amide bonds. The lowest BCUT2D eigenvalue weighted by Crippen LogP contribution is -2.55. The van der Waals surface area contributed by atoms with Gasteiger partial charge in [-0.25, -0.2) is 0 Å². The summed E-state index contributed by atoms with van der Waals surface area (Å²) in [5, 5.41) is 6.21. The minimum absolute atomic E-state index is 0.0894. The van der Waals surface area contributed by atoms with Crippen LogP contribution in [0.4, 0.5) is 0 Å². The van der Waals surface area contributed by atoms with Crippen molar-refractivity contribution in [2.45, 2.75) is 38.3 Å². The molecule has 0 radical (unpaired) electrons. The molecule has 1 saturated heterocycles. The molecule has 3 aliphatic heterocycles. The van der Waals surface area contributed by atoms with Gasteiger partial charge in [0.2, 0.25) is 23.5 Å². The van der Waals surface area contributed by atoms with E-state index in [1.54, 1.807) is 4.90 Å². The van der Waals surface area contributed by atoms with Gasteiger partial charge < -0.3 is 9.42 Å². The Morgan fingerprint density at radius 2 is 1.87 bits per heavy atom. The van der Waals surface area contributed by atoms with Crippen molar-refractivity contribution in [1.29, 1.82) is 0 Å². The van der Waals surface area contributed by atoms with Crippen LogP contribution in [0.25, 0.3) is 11.4 Å². The first kappa shape index (κ1) is 19.2. The van der Waals surface area contributed by atoms with E-state index in [0.717, 1.165) is 10.5 Å². The number of piperidine rings is 1. The number of carbonyl (C=O) groups excluding carboxylic acids is 4. The number of carbonyl (C=O) groups is 4. The summed E-state index contributed by atoms with van der Waals surface area (Å²) in [5.41, 5.74) is 1.48. The lowest BCUT2D eigenvalue weighted by Gasteiger charge is -2.29. The molecule has 0 spiro atoms. The zero-order valence-corrected chi connectivity index (χ0v) is 16.5. The largest absolute Gasteiger partial charge is 0.357 e. The average Bonchev–Trinajstić information content (AvgIpc) is 3.33. The molecule has 158 valence electrons. The van der Waals surface area contributed by atoms with Crippen molar-refractivity contribution in [1.82, 2.24) is 25.3 Å². The fraction of sp³-hybridized carbons (Fsp3) is 0.333. The molecule has 5 rings (SSSR count). The van der Waals surface area contributed by atoms with E-state index in [4.69, 9.17) is 4.52 Å². The second-order valence-corrected chi connectivity index (χ2v) is 7.68. The molecular formula is C21H19N5O5. The third-order valence-corrected chi connectivity index (χ3v) is 5.70. The highest BCUT2D eigenvalue weighted by Gasteiger charge is 2.48. The monoisotopic (exact) mass is 421 g/mol. The van der Waals surface area contributed by atoms with E-state index < -0.39 is 29.7 Å². The van der Waals surface area contributed by atoms with Crippen LogP contribution in [0.1, 0.15) is 31.6 Å². The van der Waals surface area contributed by atoms with Crippen molar-refractivity contribution in [2.75, 3.05) is 6.54 Å². The molecule has 0 saturated carbocycles. The lowest BCUT2D eigenvalue weighted by atomic mass is 10.0. The number of amides is 4. The van der Waals surface area contributed by atoms with Crippen LogP contribution in [-0.2, 0) is 25.7 Å². The van der Waals surface area contributed by atoms with Gasteiger partial charge in [0.15, 0.2) is 0 Å². The minimum Gasteiger partial charge on any atom is -0.357 e. The number of aromatic nitrogens is 2. The molecule has 1 aromatic carbocycles. The molecule has 1 N–H and O–H groups in total. The van der Waals surface area contributed by atoms with Gasteiger partial charge in [0.25, 0.3) is 11.8 Å². The van der Waals surface area contributed by atoms with Crippen molar-refractivity contribution < 1.29 is 23.7 Å². The molecule has 1 atom stereocenters. The topological polar surface area (TPSA) is 126 Å². The summed E-state index contributed by atoms with van der Waals surface area (Å²) in [5.74, 6) is -1.22. The Hall–Kier alpha value is -3.82. The third-order valence-electron chi connectivity index (χ3n) is 5.70. The van der Waals surface area contributed by atoms with E-state index in [2.05, 4.69) is 15.5 Å². The Balaban J connectivity index is 1.38. The number of imide groups is 2. The number of hydrogen-bond acceptors (Lipinski definition) is 8. The van der Waals surface area contributed by atoms with Gasteiger partial charge in [-0.1, -0.05) is 35.5 Å². The molecule has 10 nitrogen and oxygen atoms in total. The van der Waals surface area contributed by atoms with Gasteiger partial charge in [0.05, 0.1) is 6.54 Å². The fourth-order valence-corrected chi connectivity index (χ4v) is 4.25. The Labute approximate surface area is 176 Å². The number of hydrogen-bond donors (Lipinski definition) is 1. The summed E-state index contributed by atoms with van der Waals surface area (Å²) < 4.78 is 5.37. The second kappa shape index (κ2) is 7.46. The van der Waals surface area contributed by atoms with Crippen molar-refractivity contribution in [2.24, 2.45) is 0 Å². The third kappa shape index (κ3) is 3.29. The number of benzene rings is 1. The number of nitrogens with one attached hydrogen (secondary N) is 1. The van der Waals surface area contributed by atoms with Crippen LogP contribution in [0.15, 0.2) is 46.1 Å². The quantitative estimate of drug-likeness (QED) is 0.717. The van der Waals surface area contributed by atoms with E-state index in [1.807, 2.05) is 30.3 Å². The Morgan fingerprint density at radius 1 is 1.06 bits per heavy atom. The van der Waals surface area contributed by atoms with Crippen LogP contribution in [0.2, 0.25) is 0 Å². The second-order valence-electron chi connectivity index (χ2n) is 7.68. The van der Waals surface area contributed by atoms with Crippen LogP contribution < -0.4 is 5.32 Å². The van der Waals surface area contributed by atoms with Gasteiger partial charge >= 0.3 is 0 Å². The predicted octanol–water partition coefficient (Wildman–Crippen LogP) is 0.760. The lowest BCUT2D eigenvalue weighted by molar-refractivity contribution is -0.150. The summed E-state index contributed by atoms with van der Waals surface area (Å²) in [7, 11) is 0. The van der Waals surface area contributed by atoms with Crippen molar-refractivity contribution >= 4 is 23.6 Å². The van der Waals surface area contributed by atoms with Crippen LogP contribution in [0.5, 0.6) is 0 Å². The average molecular weight is 421 g/mol. The smallest absolute Gasteiger partial charge is 0.278 e. The SMILES string of the molecule is O=C1CCC(N2C(=O)C3=C(C2=O)N(Cc2nc(-c4ccccc4)no2)CCC3)C(=O)N1. The summed E-state index contributed by atoms with van der Waals surface area (Å²) >= 11 is 0. The van der Waals surface area contributed by atoms with Gasteiger partial charge in [-0.15, -0.1) is 0 Å². The molecule has 2 aromatic rings. The van der Waals surface area contributed by atoms with Gasteiger partial charge in [0.1, 0.15) is 11.7 Å². The van der Waals surface area contributed by atoms with Crippen LogP contribution in [-0.4, -0.2) is 56.2 Å². The van der Waals surface area contributed by atoms with Crippen molar-refractivity contribution in [3.63, 3.8) is 0 Å². The molecule has 1 fully saturated rings. The maximum atomic E-state index is 13.2. The van der Waals surface area contributed by atoms with Gasteiger partial charge in [-0.3, -0.25) is 29.4 Å². The maximum absolute atomic E-state index is 13.2. The van der Waals surface area contributed by atoms with Gasteiger partial charge in [-0.2, -0.15) is 4.98 Å². The first-order valence-corrected chi connectivity index (χ1v) is 10.1. The standard InChI is InChI=1S/C21H19N5O5/c27-15-9-8-14(19(28)22-15)26-20(29)13-7-4-10-25(17(13)21(26)30)11-16-23-18(24-31-16)12-5-2-1-3-6-12/h1-3,5-6,14H,4,7-11H2,(H,22,27,28). The molecule has 10 heteroatoms. The first-order valence-electron chi connectivity index (χ1n) is 10.1. The molecule has 1 unspecified atom stereocenters. The Kier molecular flexibility index (Phi) is 4.61. The molecule has 1 aromatic heterocycles. The molecule has 4 heterocycles. The molecule has 0 aliphatic carbocycles. The first-order chi connectivity index (χ1) is 15.0. The Bertz CT molecular complexity index is 1120. The fourth-order valence-electron chi connectivity index (χ4n) is 4.25. The predicted molar refractivity (Wildman–Crippen MR) is 104 cm³/mol. The molecule has 3 aliphatic rings. The van der Waals surface area contributed by atoms with E-state index in [9.17, 15) is 19.2 Å². The molecular weight excluding hydrogens is 402 g/mol. The zero-order valence-electron chi connectivity index (χ0n) is 16.5. The highest BCUT2D eigenvalue weighted by atomic mass is 16.5. The summed E-state index contributed by atoms with van der Waals surface area (Å²) in [6.45, 7) is 0.727. The van der Waals surface area contributed by atoms with E-state index in [-0.39, 0.29) is 25.1 Å². The van der Waals surface area contributed by atoms with Crippen LogP contribution in [0.3, 0.4) is 0 Å². The molecule has 0 bridgehead atoms. The number of rotatable bonds is 4. The van der Waals surface area contributed by atoms with Crippen LogP contribution in [0, 0.1) is 0 Å². The van der Waals surface area contributed by atoms with Crippen molar-refractivity contribution in [3.8, 4) is 11.4 Å². The van der Waals surface area contributed by atoms with Crippen molar-refractivity contribution in [3.05, 3.63) is 47.5 Å². The highest BCUT2D eigenvalue weighted by Crippen LogP contribution is 2.34. The van der Waals surface area contributed by atoms with E-state index >= 15 is 0 Å². The zero-order chi connectivity index (χ0) is 21.5. The van der Waals surface area contributed by atoms with E-state index in [0.29, 0.717) is 36.7 Å². The van der Waals surface area contributed by atoms with Gasteiger partial charge in [0, 0.05) is 24.1 Å². The normalized spacial score (nSPS) is 21.6. The van der Waals surface area contributed by atoms with E-state index in [1.165, 1.54) is 0 Å². The molecule has 31 heavy (non-hydrogen) atoms. The van der Waals surface area contributed by atoms with Gasteiger partial charge in [-0.05, 0) is 19.3 Å². The maximum Gasteiger partial charge on any atom is 0.278 e. The van der Waals surface area contributed by atoms with Crippen LogP contribution >= 0.6 is 0 Å². The minimum atomic E-state index is -0.974. The number of nitrogens with zero attached hydrogens (tertiary/aromatic N) is 4. The Morgan fingerprint density at radius 3 is 2.65 bits per heavy atom. The highest BCUT2D eigenvalue weighted by molar-refractivity contribution is 6.21. The summed E-state index contributed by atoms with van der Waals surface area (Å²) in [4.78, 5) is 57.0. The summed E-state index contributed by atoms with van der Waals surface area (Å²) in [6.07, 6.45) is 1.36. The summed E-state index contributed by atoms with van der Waals surface area (Å²) in [6, 6.07) is 8.40.